The van der Waals surface area contributed by atoms with Crippen molar-refractivity contribution >= 4 is 17.9 Å². The summed E-state index contributed by atoms with van der Waals surface area (Å²) in [5, 5.41) is 0. The Kier molecular flexibility index (Phi) is 53.4. The van der Waals surface area contributed by atoms with Crippen molar-refractivity contribution in [1.29, 1.82) is 0 Å². The fourth-order valence-corrected chi connectivity index (χ4v) is 7.60. The Morgan fingerprint density at radius 3 is 0.971 bits per heavy atom. The van der Waals surface area contributed by atoms with Crippen LogP contribution in [0.3, 0.4) is 0 Å². The van der Waals surface area contributed by atoms with Crippen LogP contribution < -0.4 is 0 Å². The van der Waals surface area contributed by atoms with Gasteiger partial charge < -0.3 is 14.2 Å². The van der Waals surface area contributed by atoms with E-state index in [9.17, 15) is 14.4 Å². The van der Waals surface area contributed by atoms with Crippen molar-refractivity contribution in [2.75, 3.05) is 13.2 Å². The average molecular weight is 958 g/mol. The molecule has 0 aliphatic heterocycles. The maximum absolute atomic E-state index is 12.9. The second kappa shape index (κ2) is 56.7. The van der Waals surface area contributed by atoms with Crippen LogP contribution in [-0.2, 0) is 28.6 Å². The molecule has 392 valence electrons. The third-order valence-corrected chi connectivity index (χ3v) is 11.8. The lowest BCUT2D eigenvalue weighted by Gasteiger charge is -2.18. The van der Waals surface area contributed by atoms with E-state index in [1.807, 2.05) is 6.08 Å². The van der Waals surface area contributed by atoms with Gasteiger partial charge in [0.2, 0.25) is 0 Å². The van der Waals surface area contributed by atoms with Gasteiger partial charge in [0.25, 0.3) is 0 Å². The van der Waals surface area contributed by atoms with Crippen molar-refractivity contribution in [2.45, 2.75) is 258 Å². The number of carbonyl (C=O) groups is 3. The fourth-order valence-electron chi connectivity index (χ4n) is 7.60. The second-order valence-corrected chi connectivity index (χ2v) is 18.4. The number of hydrogen-bond donors (Lipinski definition) is 0. The molecule has 0 fully saturated rings. The Hall–Kier alpha value is -3.93. The first-order valence-electron chi connectivity index (χ1n) is 28.4. The maximum atomic E-state index is 12.9. The van der Waals surface area contributed by atoms with E-state index in [1.54, 1.807) is 0 Å². The lowest BCUT2D eigenvalue weighted by molar-refractivity contribution is -0.166. The van der Waals surface area contributed by atoms with Crippen LogP contribution >= 0.6 is 0 Å². The molecular weight excluding hydrogens is 853 g/mol. The zero-order chi connectivity index (χ0) is 50.0. The Balaban J connectivity index is 4.52. The van der Waals surface area contributed by atoms with Gasteiger partial charge in [0.15, 0.2) is 6.10 Å². The zero-order valence-corrected chi connectivity index (χ0v) is 44.8. The molecule has 69 heavy (non-hydrogen) atoms. The molecule has 0 unspecified atom stereocenters. The van der Waals surface area contributed by atoms with E-state index < -0.39 is 6.10 Å². The molecule has 0 spiro atoms. The summed E-state index contributed by atoms with van der Waals surface area (Å²) in [6.45, 7) is 6.34. The number of hydrogen-bond acceptors (Lipinski definition) is 6. The van der Waals surface area contributed by atoms with Gasteiger partial charge in [-0.15, -0.1) is 0 Å². The van der Waals surface area contributed by atoms with Gasteiger partial charge in [-0.05, 0) is 89.9 Å². The molecule has 0 N–H and O–H groups in total. The fraction of sp³-hybridized carbons (Fsp3) is 0.667. The summed E-state index contributed by atoms with van der Waals surface area (Å²) in [6, 6.07) is 0. The highest BCUT2D eigenvalue weighted by Gasteiger charge is 2.19. The van der Waals surface area contributed by atoms with Crippen molar-refractivity contribution in [3.63, 3.8) is 0 Å². The summed E-state index contributed by atoms with van der Waals surface area (Å²) in [5.41, 5.74) is 0. The predicted octanol–water partition coefficient (Wildman–Crippen LogP) is 19.1. The molecule has 0 saturated carbocycles. The largest absolute Gasteiger partial charge is 0.462 e. The molecule has 0 amide bonds. The first-order chi connectivity index (χ1) is 34.0. The average Bonchev–Trinajstić information content (AvgIpc) is 3.35. The maximum Gasteiger partial charge on any atom is 0.306 e. The smallest absolute Gasteiger partial charge is 0.306 e. The van der Waals surface area contributed by atoms with E-state index >= 15 is 0 Å². The molecule has 0 bridgehead atoms. The third-order valence-electron chi connectivity index (χ3n) is 11.8. The van der Waals surface area contributed by atoms with Crippen LogP contribution in [0.15, 0.2) is 109 Å². The number of carbonyl (C=O) groups excluding carboxylic acids is 3. The molecule has 0 aromatic heterocycles. The first kappa shape index (κ1) is 65.1. The number of allylic oxidation sites excluding steroid dienone is 18. The molecule has 0 saturated heterocycles. The van der Waals surface area contributed by atoms with Crippen LogP contribution in [0, 0.1) is 0 Å². The van der Waals surface area contributed by atoms with E-state index in [2.05, 4.69) is 124 Å². The standard InChI is InChI=1S/C63H104O6/c1-4-7-10-13-16-19-22-25-28-30-31-33-35-38-41-44-47-50-53-56-62(65)68-59-60(58-67-61(64)55-52-49-46-43-40-37-34-27-24-21-18-15-12-9-6-3)69-63(66)57-54-51-48-45-42-39-36-32-29-26-23-20-17-14-11-8-5-2/h7,9-10,12,16,18-19,21,25,27-28,31,33-34,38,41,47,50,60H,4-6,8,11,13-15,17,20,22-24,26,29-30,32,35-37,39-40,42-46,48-49,51-59H2,1-3H3/b10-7-,12-9-,19-16-,21-18-,28-25-,33-31-,34-27-,41-38-,50-47-/t60-/m1/s1. The second-order valence-electron chi connectivity index (χ2n) is 18.4. The summed E-state index contributed by atoms with van der Waals surface area (Å²) in [5.74, 6) is -1.01. The number of rotatable bonds is 50. The summed E-state index contributed by atoms with van der Waals surface area (Å²) < 4.78 is 16.8. The Labute approximate surface area is 425 Å². The van der Waals surface area contributed by atoms with Gasteiger partial charge in [-0.25, -0.2) is 0 Å². The number of esters is 3. The zero-order valence-electron chi connectivity index (χ0n) is 44.8. The van der Waals surface area contributed by atoms with E-state index in [1.165, 1.54) is 89.9 Å². The van der Waals surface area contributed by atoms with Crippen LogP contribution in [0.2, 0.25) is 0 Å². The van der Waals surface area contributed by atoms with Crippen molar-refractivity contribution in [3.05, 3.63) is 109 Å². The molecule has 6 nitrogen and oxygen atoms in total. The summed E-state index contributed by atoms with van der Waals surface area (Å²) in [7, 11) is 0. The van der Waals surface area contributed by atoms with Crippen molar-refractivity contribution in [1.82, 2.24) is 0 Å². The predicted molar refractivity (Wildman–Crippen MR) is 297 cm³/mol. The van der Waals surface area contributed by atoms with Gasteiger partial charge in [-0.1, -0.05) is 252 Å². The van der Waals surface area contributed by atoms with Gasteiger partial charge in [0, 0.05) is 19.3 Å². The molecular formula is C63H104O6. The van der Waals surface area contributed by atoms with E-state index in [4.69, 9.17) is 14.2 Å². The van der Waals surface area contributed by atoms with E-state index in [-0.39, 0.29) is 37.5 Å². The molecule has 0 aromatic carbocycles. The number of ether oxygens (including phenoxy) is 3. The van der Waals surface area contributed by atoms with Gasteiger partial charge in [-0.2, -0.15) is 0 Å². The minimum atomic E-state index is -0.816. The third kappa shape index (κ3) is 54.9. The summed E-state index contributed by atoms with van der Waals surface area (Å²) in [6.07, 6.45) is 76.6. The van der Waals surface area contributed by atoms with Crippen molar-refractivity contribution < 1.29 is 28.6 Å². The summed E-state index contributed by atoms with van der Waals surface area (Å²) >= 11 is 0. The Morgan fingerprint density at radius 1 is 0.304 bits per heavy atom. The number of unbranched alkanes of at least 4 members (excludes halogenated alkanes) is 21. The first-order valence-corrected chi connectivity index (χ1v) is 28.4. The van der Waals surface area contributed by atoms with E-state index in [0.717, 1.165) is 116 Å². The Bertz CT molecular complexity index is 1420. The highest BCUT2D eigenvalue weighted by atomic mass is 16.6. The molecule has 0 heterocycles. The van der Waals surface area contributed by atoms with Crippen LogP contribution in [0.4, 0.5) is 0 Å². The normalized spacial score (nSPS) is 12.9. The van der Waals surface area contributed by atoms with Gasteiger partial charge >= 0.3 is 17.9 Å². The van der Waals surface area contributed by atoms with Crippen LogP contribution in [0.25, 0.3) is 0 Å². The van der Waals surface area contributed by atoms with Gasteiger partial charge in [-0.3, -0.25) is 14.4 Å². The van der Waals surface area contributed by atoms with Crippen LogP contribution in [-0.4, -0.2) is 37.2 Å². The molecule has 0 aliphatic rings. The van der Waals surface area contributed by atoms with Crippen LogP contribution in [0.1, 0.15) is 252 Å². The minimum absolute atomic E-state index is 0.110. The SMILES string of the molecule is CC/C=C\C/C=C\C/C=C\C/C=C\C/C=C\C/C=C\CCC(=O)OC[C@@H](COC(=O)CCCCCCC/C=C\C/C=C\C/C=C\CC)OC(=O)CCCCCCCCCCCCCCCCCCC. The Morgan fingerprint density at radius 2 is 0.594 bits per heavy atom. The minimum Gasteiger partial charge on any atom is -0.462 e. The van der Waals surface area contributed by atoms with Crippen molar-refractivity contribution in [3.8, 4) is 0 Å². The topological polar surface area (TPSA) is 78.9 Å². The molecule has 0 aromatic rings. The van der Waals surface area contributed by atoms with Crippen molar-refractivity contribution in [2.24, 2.45) is 0 Å². The molecule has 1 atom stereocenters. The van der Waals surface area contributed by atoms with E-state index in [0.29, 0.717) is 19.3 Å². The van der Waals surface area contributed by atoms with Gasteiger partial charge in [0.1, 0.15) is 13.2 Å². The summed E-state index contributed by atoms with van der Waals surface area (Å²) in [4.78, 5) is 38.1. The van der Waals surface area contributed by atoms with Crippen LogP contribution in [0.5, 0.6) is 0 Å². The molecule has 0 rings (SSSR count). The molecule has 0 radical (unpaired) electrons. The lowest BCUT2D eigenvalue weighted by atomic mass is 10.0. The van der Waals surface area contributed by atoms with Gasteiger partial charge in [0.05, 0.1) is 0 Å². The lowest BCUT2D eigenvalue weighted by Crippen LogP contribution is -2.30. The molecule has 0 aliphatic carbocycles. The highest BCUT2D eigenvalue weighted by Crippen LogP contribution is 2.15. The highest BCUT2D eigenvalue weighted by molar-refractivity contribution is 5.71. The monoisotopic (exact) mass is 957 g/mol. The molecule has 6 heteroatoms. The quantitative estimate of drug-likeness (QED) is 0.0262.